The molecule has 2 aliphatic carbocycles. The van der Waals surface area contributed by atoms with E-state index in [9.17, 15) is 0 Å². The van der Waals surface area contributed by atoms with E-state index in [0.29, 0.717) is 0 Å². The molecule has 1 aromatic heterocycles. The lowest BCUT2D eigenvalue weighted by Crippen LogP contribution is -2.62. The molecule has 3 nitrogen and oxygen atoms in total. The number of hydrogen-bond donors (Lipinski definition) is 0. The number of hydrogen-bond acceptors (Lipinski definition) is 4. The van der Waals surface area contributed by atoms with E-state index in [1.54, 1.807) is 0 Å². The lowest BCUT2D eigenvalue weighted by molar-refractivity contribution is 0.332. The van der Waals surface area contributed by atoms with Crippen molar-refractivity contribution in [2.75, 3.05) is 14.7 Å². The van der Waals surface area contributed by atoms with Gasteiger partial charge in [0.15, 0.2) is 0 Å². The van der Waals surface area contributed by atoms with Crippen molar-refractivity contribution in [2.24, 2.45) is 0 Å². The van der Waals surface area contributed by atoms with E-state index in [2.05, 4.69) is 286 Å². The number of rotatable bonds is 5. The molecule has 0 spiro atoms. The van der Waals surface area contributed by atoms with E-state index in [1.165, 1.54) is 145 Å². The minimum Gasteiger partial charge on any atom is -0.311 e. The van der Waals surface area contributed by atoms with Gasteiger partial charge in [0.05, 0.1) is 10.4 Å². The van der Waals surface area contributed by atoms with Crippen LogP contribution in [0.25, 0.3) is 20.2 Å². The first kappa shape index (κ1) is 55.6. The predicted octanol–water partition coefficient (Wildman–Crippen LogP) is 20.8. The van der Waals surface area contributed by atoms with Crippen LogP contribution in [-0.2, 0) is 37.9 Å². The average Bonchev–Trinajstić information content (AvgIpc) is 0.967. The van der Waals surface area contributed by atoms with Crippen LogP contribution >= 0.6 is 11.3 Å². The third-order valence-electron chi connectivity index (χ3n) is 20.5. The van der Waals surface area contributed by atoms with Crippen molar-refractivity contribution in [3.05, 3.63) is 190 Å². The first-order chi connectivity index (χ1) is 38.8. The third kappa shape index (κ3) is 8.85. The Hall–Kier alpha value is -6.56. The van der Waals surface area contributed by atoms with Gasteiger partial charge in [0.1, 0.15) is 0 Å². The van der Waals surface area contributed by atoms with Crippen molar-refractivity contribution in [2.45, 2.75) is 195 Å². The Balaban J connectivity index is 1.16. The van der Waals surface area contributed by atoms with Crippen LogP contribution in [0.15, 0.2) is 140 Å². The molecule has 0 unspecified atom stereocenters. The Labute approximate surface area is 502 Å². The van der Waals surface area contributed by atoms with Crippen molar-refractivity contribution < 1.29 is 0 Å². The van der Waals surface area contributed by atoms with E-state index in [4.69, 9.17) is 0 Å². The van der Waals surface area contributed by atoms with Crippen molar-refractivity contribution in [1.82, 2.24) is 0 Å². The highest BCUT2D eigenvalue weighted by molar-refractivity contribution is 7.26. The minimum atomic E-state index is -0.168. The molecular formula is C78H88BN3S. The smallest absolute Gasteiger partial charge is 0.252 e. The number of thiophene rings is 1. The lowest BCUT2D eigenvalue weighted by atomic mass is 9.33. The van der Waals surface area contributed by atoms with Gasteiger partial charge < -0.3 is 14.7 Å². The Morgan fingerprint density at radius 1 is 0.422 bits per heavy atom. The van der Waals surface area contributed by atoms with Gasteiger partial charge in [0.25, 0.3) is 6.71 Å². The first-order valence-corrected chi connectivity index (χ1v) is 31.9. The second-order valence-corrected chi connectivity index (χ2v) is 32.4. The van der Waals surface area contributed by atoms with E-state index >= 15 is 0 Å². The lowest BCUT2D eigenvalue weighted by Gasteiger charge is -2.48. The molecule has 0 amide bonds. The SMILES string of the molecule is Cc1cc(C(C)(C)C)ccc1N(c1ccc2c(c1)N(c1cccc3c1sc1ccccc13)c1cc(C(C)(C)C)cc3c1B2c1cc2c(cc1N3c1ccc3c(c1)C(C)(C)CCC3(C)C)C(C)(C)CCC2(C)C)c1ccc(C(C)(C)C)cc1C. The normalized spacial score (nSPS) is 17.5. The summed E-state index contributed by atoms with van der Waals surface area (Å²) in [6.07, 6.45) is 4.66. The van der Waals surface area contributed by atoms with Gasteiger partial charge in [-0.3, -0.25) is 0 Å². The molecule has 0 atom stereocenters. The largest absolute Gasteiger partial charge is 0.311 e. The van der Waals surface area contributed by atoms with Gasteiger partial charge >= 0.3 is 0 Å². The van der Waals surface area contributed by atoms with Crippen molar-refractivity contribution in [1.29, 1.82) is 0 Å². The summed E-state index contributed by atoms with van der Waals surface area (Å²) < 4.78 is 2.62. The van der Waals surface area contributed by atoms with Crippen LogP contribution in [0.4, 0.5) is 51.2 Å². The van der Waals surface area contributed by atoms with Gasteiger partial charge in [0.2, 0.25) is 0 Å². The van der Waals surface area contributed by atoms with Gasteiger partial charge in [-0.05, 0) is 211 Å². The van der Waals surface area contributed by atoms with Crippen LogP contribution < -0.4 is 31.1 Å². The van der Waals surface area contributed by atoms with Gasteiger partial charge in [-0.25, -0.2) is 0 Å². The number of fused-ring (bicyclic) bond motifs is 9. The Morgan fingerprint density at radius 3 is 1.52 bits per heavy atom. The fraction of sp³-hybridized carbons (Fsp3) is 0.385. The third-order valence-corrected chi connectivity index (χ3v) is 21.7. The summed E-state index contributed by atoms with van der Waals surface area (Å²) in [7, 11) is 0. The summed E-state index contributed by atoms with van der Waals surface area (Å²) in [6, 6.07) is 56.3. The number of nitrogens with zero attached hydrogens (tertiary/aromatic N) is 3. The molecule has 3 heterocycles. The molecule has 424 valence electrons. The van der Waals surface area contributed by atoms with E-state index in [1.807, 2.05) is 11.3 Å². The van der Waals surface area contributed by atoms with Gasteiger partial charge in [-0.2, -0.15) is 0 Å². The number of anilines is 9. The summed E-state index contributed by atoms with van der Waals surface area (Å²) in [6.45, 7) is 45.7. The van der Waals surface area contributed by atoms with Crippen LogP contribution in [0.2, 0.25) is 0 Å². The van der Waals surface area contributed by atoms with E-state index < -0.39 is 0 Å². The molecule has 83 heavy (non-hydrogen) atoms. The molecule has 0 saturated heterocycles. The van der Waals surface area contributed by atoms with Crippen LogP contribution in [-0.4, -0.2) is 6.71 Å². The number of benzene rings is 8. The summed E-state index contributed by atoms with van der Waals surface area (Å²) in [5.41, 5.74) is 27.8. The molecule has 8 aromatic carbocycles. The maximum absolute atomic E-state index is 2.74. The summed E-state index contributed by atoms with van der Waals surface area (Å²) in [5, 5.41) is 2.62. The van der Waals surface area contributed by atoms with Crippen LogP contribution in [0.3, 0.4) is 0 Å². The zero-order valence-corrected chi connectivity index (χ0v) is 54.3. The van der Waals surface area contributed by atoms with Crippen molar-refractivity contribution in [3.8, 4) is 0 Å². The summed E-state index contributed by atoms with van der Waals surface area (Å²) in [5.74, 6) is 0. The molecule has 0 bridgehead atoms. The maximum atomic E-state index is 2.74. The molecule has 0 N–H and O–H groups in total. The van der Waals surface area contributed by atoms with Gasteiger partial charge in [0, 0.05) is 61.0 Å². The molecule has 13 rings (SSSR count). The van der Waals surface area contributed by atoms with Crippen LogP contribution in [0.1, 0.15) is 193 Å². The highest BCUT2D eigenvalue weighted by Crippen LogP contribution is 2.55. The van der Waals surface area contributed by atoms with E-state index in [-0.39, 0.29) is 44.6 Å². The Bertz CT molecular complexity index is 4100. The number of aryl methyl sites for hydroxylation is 2. The van der Waals surface area contributed by atoms with Gasteiger partial charge in [-0.15, -0.1) is 11.3 Å². The molecule has 0 radical (unpaired) electrons. The zero-order valence-electron chi connectivity index (χ0n) is 53.4. The summed E-state index contributed by atoms with van der Waals surface area (Å²) >= 11 is 1.93. The van der Waals surface area contributed by atoms with Crippen molar-refractivity contribution >= 4 is 106 Å². The highest BCUT2D eigenvalue weighted by atomic mass is 32.1. The Kier molecular flexibility index (Phi) is 12.4. The maximum Gasteiger partial charge on any atom is 0.252 e. The molecule has 2 aliphatic heterocycles. The van der Waals surface area contributed by atoms with E-state index in [0.717, 1.165) is 18.5 Å². The average molecular weight is 1110 g/mol. The molecule has 0 fully saturated rings. The second kappa shape index (κ2) is 18.5. The standard InChI is InChI=1S/C78H88BN3S/c1-47-39-49(72(3,4)5)27-33-62(47)80(63-34-28-50(40-48(63)2)73(6,7)8)53-30-32-60-65(44-53)82(64-25-22-24-55-54-23-20-21-26-69(54)83-71(55)64)68-42-51(74(9,10)11)41-67-70(68)79(60)61-45-58-59(78(18,19)38-37-77(58,16)17)46-66(61)81(67)52-29-31-56-57(43-52)76(14,15)36-35-75(56,12)13/h20-34,39-46H,35-38H2,1-19H3. The first-order valence-electron chi connectivity index (χ1n) is 31.0. The Morgan fingerprint density at radius 2 is 0.940 bits per heavy atom. The second-order valence-electron chi connectivity index (χ2n) is 31.3. The predicted molar refractivity (Wildman–Crippen MR) is 364 cm³/mol. The summed E-state index contributed by atoms with van der Waals surface area (Å²) in [4.78, 5) is 8.03. The highest BCUT2D eigenvalue weighted by Gasteiger charge is 2.48. The molecule has 4 aliphatic rings. The quantitative estimate of drug-likeness (QED) is 0.159. The molecule has 0 saturated carbocycles. The van der Waals surface area contributed by atoms with Gasteiger partial charge in [-0.1, -0.05) is 190 Å². The minimum absolute atomic E-state index is 0.0108. The fourth-order valence-corrected chi connectivity index (χ4v) is 16.1. The van der Waals surface area contributed by atoms with Crippen LogP contribution in [0, 0.1) is 13.8 Å². The molecule has 9 aromatic rings. The monoisotopic (exact) mass is 1110 g/mol. The zero-order chi connectivity index (χ0) is 59.0. The molecular weight excluding hydrogens is 1020 g/mol. The molecule has 5 heteroatoms. The van der Waals surface area contributed by atoms with Crippen molar-refractivity contribution in [3.63, 3.8) is 0 Å². The fourth-order valence-electron chi connectivity index (χ4n) is 14.9. The van der Waals surface area contributed by atoms with Crippen LogP contribution in [0.5, 0.6) is 0 Å². The topological polar surface area (TPSA) is 9.72 Å².